The number of benzene rings is 2. The Balaban J connectivity index is 1.36. The number of fused-ring (bicyclic) bond motifs is 1. The minimum atomic E-state index is -0.461. The number of rotatable bonds is 8. The summed E-state index contributed by atoms with van der Waals surface area (Å²) in [6.45, 7) is 2.11. The van der Waals surface area contributed by atoms with Crippen molar-refractivity contribution >= 4 is 10.9 Å². The lowest BCUT2D eigenvalue weighted by molar-refractivity contribution is 0.115. The van der Waals surface area contributed by atoms with Gasteiger partial charge in [0.05, 0.1) is 30.3 Å². The zero-order valence-electron chi connectivity index (χ0n) is 15.8. The van der Waals surface area contributed by atoms with Gasteiger partial charge in [-0.05, 0) is 24.1 Å². The summed E-state index contributed by atoms with van der Waals surface area (Å²) in [7, 11) is 0. The van der Waals surface area contributed by atoms with Crippen LogP contribution in [0.2, 0.25) is 0 Å². The largest absolute Gasteiger partial charge is 0.377 e. The Kier molecular flexibility index (Phi) is 5.62. The van der Waals surface area contributed by atoms with Crippen LogP contribution in [-0.4, -0.2) is 31.2 Å². The molecule has 0 aliphatic heterocycles. The molecule has 29 heavy (non-hydrogen) atoms. The first-order chi connectivity index (χ1) is 14.2. The maximum absolute atomic E-state index is 12.3. The summed E-state index contributed by atoms with van der Waals surface area (Å²) in [4.78, 5) is 26.6. The van der Waals surface area contributed by atoms with Crippen LogP contribution in [0.4, 0.5) is 0 Å². The Morgan fingerprint density at radius 2 is 1.79 bits per heavy atom. The molecule has 0 atom stereocenters. The third-order valence-electron chi connectivity index (χ3n) is 4.60. The predicted molar refractivity (Wildman–Crippen MR) is 109 cm³/mol. The summed E-state index contributed by atoms with van der Waals surface area (Å²) in [5.41, 5.74) is 1.52. The molecule has 0 amide bonds. The van der Waals surface area contributed by atoms with Crippen molar-refractivity contribution in [3.05, 3.63) is 92.9 Å². The molecule has 2 aromatic carbocycles. The smallest absolute Gasteiger partial charge is 0.329 e. The topological polar surface area (TPSA) is 94.8 Å². The average molecular weight is 391 g/mol. The predicted octanol–water partition coefficient (Wildman–Crippen LogP) is 1.94. The second-order valence-corrected chi connectivity index (χ2v) is 6.73. The molecule has 4 rings (SSSR count). The van der Waals surface area contributed by atoms with Crippen LogP contribution in [0.15, 0.2) is 70.4 Å². The van der Waals surface area contributed by atoms with E-state index in [9.17, 15) is 9.59 Å². The molecule has 0 spiro atoms. The lowest BCUT2D eigenvalue weighted by atomic mass is 10.2. The molecule has 0 radical (unpaired) electrons. The third kappa shape index (κ3) is 4.49. The molecule has 0 unspecified atom stereocenters. The number of hydrogen-bond donors (Lipinski definition) is 1. The number of H-pyrrole nitrogens is 1. The number of aromatic amines is 1. The van der Waals surface area contributed by atoms with Crippen molar-refractivity contribution in [2.45, 2.75) is 26.1 Å². The van der Waals surface area contributed by atoms with Gasteiger partial charge in [-0.1, -0.05) is 47.7 Å². The molecule has 2 aromatic heterocycles. The number of hydrogen-bond acceptors (Lipinski definition) is 5. The molecule has 8 nitrogen and oxygen atoms in total. The maximum atomic E-state index is 12.3. The van der Waals surface area contributed by atoms with Crippen molar-refractivity contribution < 1.29 is 4.74 Å². The Morgan fingerprint density at radius 1 is 1.00 bits per heavy atom. The summed E-state index contributed by atoms with van der Waals surface area (Å²) >= 11 is 0. The van der Waals surface area contributed by atoms with E-state index in [1.54, 1.807) is 28.9 Å². The molecular formula is C21H21N5O3. The van der Waals surface area contributed by atoms with Gasteiger partial charge in [-0.3, -0.25) is 19.0 Å². The fourth-order valence-electron chi connectivity index (χ4n) is 3.17. The molecule has 0 fully saturated rings. The lowest BCUT2D eigenvalue weighted by Gasteiger charge is -2.07. The van der Waals surface area contributed by atoms with Gasteiger partial charge in [-0.15, -0.1) is 5.10 Å². The van der Waals surface area contributed by atoms with Gasteiger partial charge in [0, 0.05) is 13.2 Å². The third-order valence-corrected chi connectivity index (χ3v) is 4.60. The zero-order valence-corrected chi connectivity index (χ0v) is 15.8. The van der Waals surface area contributed by atoms with E-state index in [-0.39, 0.29) is 12.1 Å². The normalized spacial score (nSPS) is 11.2. The molecule has 0 aliphatic rings. The molecule has 0 aliphatic carbocycles. The van der Waals surface area contributed by atoms with Gasteiger partial charge in [-0.2, -0.15) is 0 Å². The monoisotopic (exact) mass is 391 g/mol. The fourth-order valence-corrected chi connectivity index (χ4v) is 3.17. The van der Waals surface area contributed by atoms with Gasteiger partial charge in [0.25, 0.3) is 5.56 Å². The van der Waals surface area contributed by atoms with Crippen LogP contribution in [0.25, 0.3) is 10.9 Å². The molecule has 0 saturated heterocycles. The van der Waals surface area contributed by atoms with Gasteiger partial charge in [-0.25, -0.2) is 4.79 Å². The Morgan fingerprint density at radius 3 is 2.66 bits per heavy atom. The van der Waals surface area contributed by atoms with E-state index in [1.165, 1.54) is 4.57 Å². The number of nitrogens with one attached hydrogen (secondary N) is 1. The van der Waals surface area contributed by atoms with Crippen LogP contribution in [0, 0.1) is 0 Å². The first-order valence-electron chi connectivity index (χ1n) is 9.43. The maximum Gasteiger partial charge on any atom is 0.329 e. The number of nitrogens with zero attached hydrogens (tertiary/aromatic N) is 4. The van der Waals surface area contributed by atoms with Crippen LogP contribution >= 0.6 is 0 Å². The summed E-state index contributed by atoms with van der Waals surface area (Å²) < 4.78 is 8.91. The molecular weight excluding hydrogens is 370 g/mol. The SMILES string of the molecule is O=c1[nH]c(=O)n(Cc2cn(CCCOCc3ccccc3)nn2)c2ccccc12. The minimum Gasteiger partial charge on any atom is -0.377 e. The summed E-state index contributed by atoms with van der Waals surface area (Å²) in [6.07, 6.45) is 2.61. The van der Waals surface area contributed by atoms with Crippen LogP contribution < -0.4 is 11.2 Å². The molecule has 148 valence electrons. The van der Waals surface area contributed by atoms with Crippen LogP contribution in [0.1, 0.15) is 17.7 Å². The Hall–Kier alpha value is -3.52. The summed E-state index contributed by atoms with van der Waals surface area (Å²) in [6, 6.07) is 17.0. The number of ether oxygens (including phenoxy) is 1. The molecule has 0 saturated carbocycles. The Bertz CT molecular complexity index is 1210. The van der Waals surface area contributed by atoms with E-state index in [1.807, 2.05) is 36.5 Å². The van der Waals surface area contributed by atoms with Gasteiger partial charge >= 0.3 is 5.69 Å². The van der Waals surface area contributed by atoms with Crippen LogP contribution in [-0.2, 0) is 24.4 Å². The fraction of sp³-hybridized carbons (Fsp3) is 0.238. The summed E-state index contributed by atoms with van der Waals surface area (Å²) in [5, 5.41) is 8.74. The highest BCUT2D eigenvalue weighted by atomic mass is 16.5. The first-order valence-corrected chi connectivity index (χ1v) is 9.43. The van der Waals surface area contributed by atoms with Crippen molar-refractivity contribution in [3.63, 3.8) is 0 Å². The number of aryl methyl sites for hydroxylation is 1. The van der Waals surface area contributed by atoms with Crippen LogP contribution in [0.3, 0.4) is 0 Å². The average Bonchev–Trinajstić information content (AvgIpc) is 3.19. The number of aromatic nitrogens is 5. The number of para-hydroxylation sites is 1. The second kappa shape index (κ2) is 8.66. The highest BCUT2D eigenvalue weighted by Gasteiger charge is 2.09. The van der Waals surface area contributed by atoms with Crippen LogP contribution in [0.5, 0.6) is 0 Å². The molecule has 4 aromatic rings. The molecule has 0 bridgehead atoms. The Labute approximate surface area is 166 Å². The van der Waals surface area contributed by atoms with E-state index >= 15 is 0 Å². The highest BCUT2D eigenvalue weighted by molar-refractivity contribution is 5.77. The minimum absolute atomic E-state index is 0.237. The lowest BCUT2D eigenvalue weighted by Crippen LogP contribution is -2.30. The van der Waals surface area contributed by atoms with E-state index in [4.69, 9.17) is 4.74 Å². The van der Waals surface area contributed by atoms with Crippen molar-refractivity contribution in [1.82, 2.24) is 24.5 Å². The van der Waals surface area contributed by atoms with Crippen molar-refractivity contribution in [3.8, 4) is 0 Å². The second-order valence-electron chi connectivity index (χ2n) is 6.73. The highest BCUT2D eigenvalue weighted by Crippen LogP contribution is 2.08. The first kappa shape index (κ1) is 18.8. The van der Waals surface area contributed by atoms with Crippen molar-refractivity contribution in [2.75, 3.05) is 6.61 Å². The van der Waals surface area contributed by atoms with Gasteiger partial charge < -0.3 is 4.74 Å². The molecule has 1 N–H and O–H groups in total. The van der Waals surface area contributed by atoms with Gasteiger partial charge in [0.2, 0.25) is 0 Å². The van der Waals surface area contributed by atoms with E-state index in [0.717, 1.165) is 12.0 Å². The zero-order chi connectivity index (χ0) is 20.1. The van der Waals surface area contributed by atoms with E-state index < -0.39 is 5.69 Å². The van der Waals surface area contributed by atoms with Crippen molar-refractivity contribution in [2.24, 2.45) is 0 Å². The van der Waals surface area contributed by atoms with Gasteiger partial charge in [0.1, 0.15) is 5.69 Å². The molecule has 2 heterocycles. The quantitative estimate of drug-likeness (QED) is 0.463. The summed E-state index contributed by atoms with van der Waals surface area (Å²) in [5.74, 6) is 0. The molecule has 8 heteroatoms. The standard InChI is InChI=1S/C21H21N5O3/c27-20-18-9-4-5-10-19(18)26(21(28)22-20)14-17-13-25(24-23-17)11-6-12-29-15-16-7-2-1-3-8-16/h1-5,7-10,13H,6,11-12,14-15H2,(H,22,27,28). The van der Waals surface area contributed by atoms with Gasteiger partial charge in [0.15, 0.2) is 0 Å². The van der Waals surface area contributed by atoms with E-state index in [0.29, 0.717) is 36.4 Å². The van der Waals surface area contributed by atoms with Crippen molar-refractivity contribution in [1.29, 1.82) is 0 Å². The van der Waals surface area contributed by atoms with E-state index in [2.05, 4.69) is 15.3 Å².